The quantitative estimate of drug-likeness (QED) is 0.104. The summed E-state index contributed by atoms with van der Waals surface area (Å²) >= 11 is 0. The van der Waals surface area contributed by atoms with Crippen LogP contribution in [0.4, 0.5) is 0 Å². The van der Waals surface area contributed by atoms with Crippen LogP contribution in [-0.4, -0.2) is 27.4 Å². The lowest BCUT2D eigenvalue weighted by molar-refractivity contribution is 1.18. The molecular formula is C138H92N6. The van der Waals surface area contributed by atoms with Crippen molar-refractivity contribution in [2.75, 3.05) is 0 Å². The van der Waals surface area contributed by atoms with E-state index >= 15 is 0 Å². The van der Waals surface area contributed by atoms with Crippen molar-refractivity contribution in [1.82, 2.24) is 27.4 Å². The number of nitrogens with zero attached hydrogens (tertiary/aromatic N) is 6. The Labute approximate surface area is 833 Å². The molecule has 0 aliphatic heterocycles. The highest BCUT2D eigenvalue weighted by atomic mass is 15.0. The molecule has 0 bridgehead atoms. The third-order valence-electron chi connectivity index (χ3n) is 29.1. The molecule has 674 valence electrons. The van der Waals surface area contributed by atoms with Crippen LogP contribution >= 0.6 is 0 Å². The molecule has 0 aliphatic carbocycles. The minimum Gasteiger partial charge on any atom is -0.309 e. The van der Waals surface area contributed by atoms with Gasteiger partial charge in [0.25, 0.3) is 0 Å². The van der Waals surface area contributed by atoms with Crippen molar-refractivity contribution in [1.29, 1.82) is 0 Å². The van der Waals surface area contributed by atoms with E-state index in [1.807, 2.05) is 0 Å². The second-order valence-electron chi connectivity index (χ2n) is 37.4. The standard InChI is InChI=1S/2C48H32N2.C42H28N2/c1-5-13-33(14-6-1)35-21-25-45-41(29-35)43-31-37(23-27-47(43)49(45)39-17-9-3-10-18-39)38-24-28-48-44(32-38)42-30-36(34-15-7-2-8-16-34)22-26-46(42)50(48)40-19-11-4-12-20-40;1-4-12-33(13-5-1)34-20-22-35(23-21-34)36-24-27-47-43(30-36)44-32-38(26-29-48(44)50(47)40-16-8-3-9-17-40)37-25-28-46-42(31-37)41-18-10-11-19-45(41)49(46)39-14-6-2-7-15-39;1-4-12-29(13-5-1)30-20-23-41-37(26-30)38-28-32(22-25-42(38)44(41)34-16-8-3-9-17-34)31-21-24-40-36(27-31)35-18-10-11-19-39(35)43(40)33-14-6-2-7-15-33/h2*1-32H;1-28H. The largest absolute Gasteiger partial charge is 0.309 e. The second kappa shape index (κ2) is 35.7. The fourth-order valence-electron chi connectivity index (χ4n) is 22.3. The molecule has 6 heterocycles. The number of aromatic nitrogens is 6. The lowest BCUT2D eigenvalue weighted by Crippen LogP contribution is -1.93. The number of fused-ring (bicyclic) bond motifs is 18. The van der Waals surface area contributed by atoms with Crippen LogP contribution in [0.5, 0.6) is 0 Å². The number of hydrogen-bond acceptors (Lipinski definition) is 0. The van der Waals surface area contributed by atoms with Gasteiger partial charge in [0.2, 0.25) is 0 Å². The number of rotatable bonds is 14. The van der Waals surface area contributed by atoms with Crippen molar-refractivity contribution in [3.8, 4) is 123 Å². The molecule has 29 aromatic rings. The molecule has 0 spiro atoms. The predicted molar refractivity (Wildman–Crippen MR) is 609 cm³/mol. The number of para-hydroxylation sites is 8. The maximum Gasteiger partial charge on any atom is 0.0541 e. The normalized spacial score (nSPS) is 11.6. The summed E-state index contributed by atoms with van der Waals surface area (Å²) in [4.78, 5) is 0. The molecule has 144 heavy (non-hydrogen) atoms. The van der Waals surface area contributed by atoms with Gasteiger partial charge in [0, 0.05) is 98.8 Å². The number of hydrogen-bond donors (Lipinski definition) is 0. The van der Waals surface area contributed by atoms with Crippen LogP contribution in [0.25, 0.3) is 254 Å². The van der Waals surface area contributed by atoms with Gasteiger partial charge in [-0.1, -0.05) is 352 Å². The summed E-state index contributed by atoms with van der Waals surface area (Å²) in [7, 11) is 0. The smallest absolute Gasteiger partial charge is 0.0541 e. The monoisotopic (exact) mass is 1830 g/mol. The number of benzene rings is 23. The molecule has 0 saturated heterocycles. The first kappa shape index (κ1) is 84.2. The maximum atomic E-state index is 2.40. The minimum absolute atomic E-state index is 1.16. The molecule has 0 amide bonds. The SMILES string of the molecule is c1ccc(-c2ccc(-c3ccc4c(c3)c3cc(-c5ccc6c(c5)c5ccccc5n6-c5ccccc5)ccc3n4-c3ccccc3)cc2)cc1.c1ccc(-c2ccc3c(c2)c2cc(-c4ccc5c(c4)c4cc(-c6ccccc6)ccc4n5-c4ccccc4)ccc2n3-c2ccccc2)cc1.c1ccc(-c2ccc3c(c2)c2cc(-c4ccc5c(c4)c4ccccc4n5-c4ccccc4)ccc2n3-c2ccccc2)cc1. The summed E-state index contributed by atoms with van der Waals surface area (Å²) in [6.07, 6.45) is 0. The predicted octanol–water partition coefficient (Wildman–Crippen LogP) is 37.0. The van der Waals surface area contributed by atoms with Gasteiger partial charge in [-0.25, -0.2) is 0 Å². The molecule has 23 aromatic carbocycles. The Bertz CT molecular complexity index is 9740. The van der Waals surface area contributed by atoms with Gasteiger partial charge in [-0.05, 0) is 295 Å². The molecule has 6 heteroatoms. The Morgan fingerprint density at radius 2 is 0.188 bits per heavy atom. The molecule has 0 aliphatic rings. The van der Waals surface area contributed by atoms with E-state index in [0.717, 1.165) is 17.1 Å². The van der Waals surface area contributed by atoms with Gasteiger partial charge >= 0.3 is 0 Å². The van der Waals surface area contributed by atoms with E-state index in [0.29, 0.717) is 0 Å². The van der Waals surface area contributed by atoms with E-state index in [2.05, 4.69) is 586 Å². The van der Waals surface area contributed by atoms with Crippen LogP contribution < -0.4 is 0 Å². The first-order valence-electron chi connectivity index (χ1n) is 49.5. The molecule has 6 nitrogen and oxygen atoms in total. The summed E-state index contributed by atoms with van der Waals surface area (Å²) < 4.78 is 14.3. The molecule has 0 atom stereocenters. The van der Waals surface area contributed by atoms with Crippen LogP contribution in [0, 0.1) is 0 Å². The zero-order valence-corrected chi connectivity index (χ0v) is 78.8. The highest BCUT2D eigenvalue weighted by Gasteiger charge is 2.24. The fraction of sp³-hybridized carbons (Fsp3) is 0. The zero-order chi connectivity index (χ0) is 95.1. The molecule has 0 N–H and O–H groups in total. The van der Waals surface area contributed by atoms with Crippen molar-refractivity contribution in [3.05, 3.63) is 558 Å². The van der Waals surface area contributed by atoms with Gasteiger partial charge < -0.3 is 27.4 Å². The highest BCUT2D eigenvalue weighted by Crippen LogP contribution is 2.47. The van der Waals surface area contributed by atoms with Crippen molar-refractivity contribution >= 4 is 131 Å². The lowest BCUT2D eigenvalue weighted by Gasteiger charge is -2.09. The van der Waals surface area contributed by atoms with Gasteiger partial charge in [0.1, 0.15) is 0 Å². The molecule has 29 rings (SSSR count). The van der Waals surface area contributed by atoms with Crippen molar-refractivity contribution in [3.63, 3.8) is 0 Å². The van der Waals surface area contributed by atoms with E-state index in [9.17, 15) is 0 Å². The summed E-state index contributed by atoms with van der Waals surface area (Å²) in [6.45, 7) is 0. The summed E-state index contributed by atoms with van der Waals surface area (Å²) in [5.41, 5.74) is 41.0. The van der Waals surface area contributed by atoms with Crippen LogP contribution in [0.2, 0.25) is 0 Å². The van der Waals surface area contributed by atoms with Gasteiger partial charge in [-0.15, -0.1) is 0 Å². The summed E-state index contributed by atoms with van der Waals surface area (Å²) in [5.74, 6) is 0. The van der Waals surface area contributed by atoms with Crippen LogP contribution in [0.1, 0.15) is 0 Å². The average Bonchev–Trinajstić information content (AvgIpc) is 1.61. The Hall–Kier alpha value is -19.1. The van der Waals surface area contributed by atoms with Crippen LogP contribution in [0.15, 0.2) is 558 Å². The summed E-state index contributed by atoms with van der Waals surface area (Å²) in [5, 5.41) is 15.1. The zero-order valence-electron chi connectivity index (χ0n) is 78.8. The minimum atomic E-state index is 1.16. The van der Waals surface area contributed by atoms with E-state index in [4.69, 9.17) is 0 Å². The van der Waals surface area contributed by atoms with E-state index < -0.39 is 0 Å². The summed E-state index contributed by atoms with van der Waals surface area (Å²) in [6, 6.07) is 202. The molecule has 0 saturated carbocycles. The van der Waals surface area contributed by atoms with Gasteiger partial charge in [0.15, 0.2) is 0 Å². The van der Waals surface area contributed by atoms with Crippen LogP contribution in [-0.2, 0) is 0 Å². The Morgan fingerprint density at radius 1 is 0.0764 bits per heavy atom. The van der Waals surface area contributed by atoms with Crippen molar-refractivity contribution in [2.24, 2.45) is 0 Å². The van der Waals surface area contributed by atoms with Gasteiger partial charge in [-0.3, -0.25) is 0 Å². The molecule has 0 radical (unpaired) electrons. The van der Waals surface area contributed by atoms with E-state index in [1.54, 1.807) is 0 Å². The molecule has 6 aromatic heterocycles. The van der Waals surface area contributed by atoms with Crippen molar-refractivity contribution in [2.45, 2.75) is 0 Å². The van der Waals surface area contributed by atoms with E-state index in [1.165, 1.54) is 237 Å². The molecular weight excluding hydrogens is 1740 g/mol. The lowest BCUT2D eigenvalue weighted by atomic mass is 9.98. The topological polar surface area (TPSA) is 29.6 Å². The third kappa shape index (κ3) is 14.8. The Kier molecular flexibility index (Phi) is 20.9. The molecule has 0 fully saturated rings. The Morgan fingerprint density at radius 3 is 0.368 bits per heavy atom. The maximum absolute atomic E-state index is 2.40. The van der Waals surface area contributed by atoms with Crippen molar-refractivity contribution < 1.29 is 0 Å². The third-order valence-corrected chi connectivity index (χ3v) is 29.1. The van der Waals surface area contributed by atoms with E-state index in [-0.39, 0.29) is 0 Å². The van der Waals surface area contributed by atoms with Crippen LogP contribution in [0.3, 0.4) is 0 Å². The highest BCUT2D eigenvalue weighted by molar-refractivity contribution is 6.18. The van der Waals surface area contributed by atoms with Gasteiger partial charge in [0.05, 0.1) is 66.2 Å². The molecule has 0 unspecified atom stereocenters. The first-order valence-corrected chi connectivity index (χ1v) is 49.5. The average molecular weight is 1830 g/mol. The Balaban J connectivity index is 0.000000108. The first-order chi connectivity index (χ1) is 71.4. The second-order valence-corrected chi connectivity index (χ2v) is 37.4. The fourth-order valence-corrected chi connectivity index (χ4v) is 22.3. The van der Waals surface area contributed by atoms with Gasteiger partial charge in [-0.2, -0.15) is 0 Å².